The number of aryl methyl sites for hydroxylation is 1. The van der Waals surface area contributed by atoms with Crippen molar-refractivity contribution in [2.45, 2.75) is 25.9 Å². The SMILES string of the molecule is CN(Cc1ccccc1)C(=O)c1cn(CCNC(=O)CCc2cccnc2)nn1. The fourth-order valence-electron chi connectivity index (χ4n) is 2.83. The summed E-state index contributed by atoms with van der Waals surface area (Å²) in [4.78, 5) is 30.1. The molecule has 0 saturated heterocycles. The van der Waals surface area contributed by atoms with Crippen LogP contribution in [-0.4, -0.2) is 50.3 Å². The largest absolute Gasteiger partial charge is 0.354 e. The molecule has 2 amide bonds. The summed E-state index contributed by atoms with van der Waals surface area (Å²) in [6, 6.07) is 13.6. The van der Waals surface area contributed by atoms with E-state index in [1.165, 1.54) is 0 Å². The van der Waals surface area contributed by atoms with Crippen LogP contribution in [0.25, 0.3) is 0 Å². The van der Waals surface area contributed by atoms with E-state index in [-0.39, 0.29) is 17.5 Å². The van der Waals surface area contributed by atoms with E-state index in [9.17, 15) is 9.59 Å². The van der Waals surface area contributed by atoms with Crippen LogP contribution in [0.3, 0.4) is 0 Å². The summed E-state index contributed by atoms with van der Waals surface area (Å²) in [5.74, 6) is -0.228. The first-order valence-corrected chi connectivity index (χ1v) is 9.47. The normalized spacial score (nSPS) is 10.5. The van der Waals surface area contributed by atoms with Crippen molar-refractivity contribution in [3.05, 3.63) is 77.9 Å². The molecule has 150 valence electrons. The van der Waals surface area contributed by atoms with E-state index in [1.54, 1.807) is 35.2 Å². The van der Waals surface area contributed by atoms with Crippen molar-refractivity contribution in [1.29, 1.82) is 0 Å². The number of nitrogens with one attached hydrogen (secondary N) is 1. The van der Waals surface area contributed by atoms with Gasteiger partial charge in [-0.3, -0.25) is 14.6 Å². The first-order chi connectivity index (χ1) is 14.1. The predicted molar refractivity (Wildman–Crippen MR) is 108 cm³/mol. The quantitative estimate of drug-likeness (QED) is 0.598. The molecular formula is C21H24N6O2. The maximum Gasteiger partial charge on any atom is 0.276 e. The maximum absolute atomic E-state index is 12.5. The van der Waals surface area contributed by atoms with Crippen molar-refractivity contribution < 1.29 is 9.59 Å². The van der Waals surface area contributed by atoms with Gasteiger partial charge in [-0.25, -0.2) is 4.68 Å². The molecule has 0 aliphatic carbocycles. The monoisotopic (exact) mass is 392 g/mol. The molecule has 2 aromatic heterocycles. The number of rotatable bonds is 9. The molecule has 0 fully saturated rings. The Bertz CT molecular complexity index is 927. The second kappa shape index (κ2) is 10.1. The van der Waals surface area contributed by atoms with Gasteiger partial charge in [0.2, 0.25) is 5.91 Å². The molecule has 0 bridgehead atoms. The van der Waals surface area contributed by atoms with Crippen molar-refractivity contribution in [1.82, 2.24) is 30.2 Å². The molecule has 0 aliphatic rings. The number of hydrogen-bond acceptors (Lipinski definition) is 5. The highest BCUT2D eigenvalue weighted by atomic mass is 16.2. The Kier molecular flexibility index (Phi) is 7.05. The number of amides is 2. The summed E-state index contributed by atoms with van der Waals surface area (Å²) in [7, 11) is 1.73. The third-order valence-corrected chi connectivity index (χ3v) is 4.39. The zero-order valence-electron chi connectivity index (χ0n) is 16.4. The van der Waals surface area contributed by atoms with Crippen LogP contribution in [-0.2, 0) is 24.3 Å². The smallest absolute Gasteiger partial charge is 0.276 e. The van der Waals surface area contributed by atoms with Gasteiger partial charge in [-0.05, 0) is 23.6 Å². The number of aromatic nitrogens is 4. The topological polar surface area (TPSA) is 93.0 Å². The van der Waals surface area contributed by atoms with E-state index in [1.807, 2.05) is 42.5 Å². The molecule has 8 heteroatoms. The van der Waals surface area contributed by atoms with Crippen molar-refractivity contribution in [3.63, 3.8) is 0 Å². The van der Waals surface area contributed by atoms with Crippen LogP contribution in [0.4, 0.5) is 0 Å². The molecule has 0 aliphatic heterocycles. The summed E-state index contributed by atoms with van der Waals surface area (Å²) >= 11 is 0. The Labute approximate surface area is 169 Å². The summed E-state index contributed by atoms with van der Waals surface area (Å²) in [5, 5.41) is 10.8. The van der Waals surface area contributed by atoms with Gasteiger partial charge >= 0.3 is 0 Å². The van der Waals surface area contributed by atoms with Crippen LogP contribution in [0.2, 0.25) is 0 Å². The number of carbonyl (C=O) groups is 2. The minimum absolute atomic E-state index is 0.0344. The van der Waals surface area contributed by atoms with Crippen molar-refractivity contribution >= 4 is 11.8 Å². The molecule has 0 atom stereocenters. The summed E-state index contributed by atoms with van der Waals surface area (Å²) in [5.41, 5.74) is 2.36. The standard InChI is InChI=1S/C21H24N6O2/c1-26(15-18-6-3-2-4-7-18)21(29)19-16-27(25-24-19)13-12-23-20(28)10-9-17-8-5-11-22-14-17/h2-8,11,14,16H,9-10,12-13,15H2,1H3,(H,23,28). The molecule has 0 spiro atoms. The molecule has 2 heterocycles. The fraction of sp³-hybridized carbons (Fsp3) is 0.286. The highest BCUT2D eigenvalue weighted by molar-refractivity contribution is 5.91. The van der Waals surface area contributed by atoms with Gasteiger partial charge < -0.3 is 10.2 Å². The average molecular weight is 392 g/mol. The van der Waals surface area contributed by atoms with Gasteiger partial charge in [0, 0.05) is 39.0 Å². The van der Waals surface area contributed by atoms with E-state index in [2.05, 4.69) is 20.6 Å². The van der Waals surface area contributed by atoms with Crippen LogP contribution in [0.5, 0.6) is 0 Å². The van der Waals surface area contributed by atoms with Crippen molar-refractivity contribution in [3.8, 4) is 0 Å². The highest BCUT2D eigenvalue weighted by Gasteiger charge is 2.16. The molecule has 3 rings (SSSR count). The van der Waals surface area contributed by atoms with Crippen LogP contribution in [0.1, 0.15) is 28.0 Å². The van der Waals surface area contributed by atoms with Gasteiger partial charge in [-0.2, -0.15) is 0 Å². The van der Waals surface area contributed by atoms with Gasteiger partial charge in [-0.15, -0.1) is 5.10 Å². The molecule has 29 heavy (non-hydrogen) atoms. The molecular weight excluding hydrogens is 368 g/mol. The van der Waals surface area contributed by atoms with Gasteiger partial charge in [-0.1, -0.05) is 41.6 Å². The predicted octanol–water partition coefficient (Wildman–Crippen LogP) is 1.69. The lowest BCUT2D eigenvalue weighted by atomic mass is 10.1. The number of pyridine rings is 1. The number of nitrogens with zero attached hydrogens (tertiary/aromatic N) is 5. The maximum atomic E-state index is 12.5. The minimum Gasteiger partial charge on any atom is -0.354 e. The van der Waals surface area contributed by atoms with Crippen molar-refractivity contribution in [2.75, 3.05) is 13.6 Å². The molecule has 8 nitrogen and oxygen atoms in total. The Morgan fingerprint density at radius 2 is 1.90 bits per heavy atom. The number of benzene rings is 1. The fourth-order valence-corrected chi connectivity index (χ4v) is 2.83. The summed E-state index contributed by atoms with van der Waals surface area (Å²) < 4.78 is 1.56. The van der Waals surface area contributed by atoms with Crippen LogP contribution in [0.15, 0.2) is 61.1 Å². The first kappa shape index (κ1) is 20.2. The van der Waals surface area contributed by atoms with E-state index < -0.39 is 0 Å². The van der Waals surface area contributed by atoms with Gasteiger partial charge in [0.25, 0.3) is 5.91 Å². The summed E-state index contributed by atoms with van der Waals surface area (Å²) in [6.07, 6.45) is 6.12. The Balaban J connectivity index is 1.41. The van der Waals surface area contributed by atoms with E-state index in [0.717, 1.165) is 11.1 Å². The van der Waals surface area contributed by atoms with Crippen LogP contribution >= 0.6 is 0 Å². The van der Waals surface area contributed by atoms with Crippen molar-refractivity contribution in [2.24, 2.45) is 0 Å². The average Bonchev–Trinajstić information content (AvgIpc) is 3.22. The van der Waals surface area contributed by atoms with E-state index in [4.69, 9.17) is 0 Å². The Hall–Kier alpha value is -3.55. The minimum atomic E-state index is -0.194. The highest BCUT2D eigenvalue weighted by Crippen LogP contribution is 2.06. The second-order valence-corrected chi connectivity index (χ2v) is 6.72. The Morgan fingerprint density at radius 3 is 2.66 bits per heavy atom. The lowest BCUT2D eigenvalue weighted by Crippen LogP contribution is -2.27. The molecule has 1 aromatic carbocycles. The third-order valence-electron chi connectivity index (χ3n) is 4.39. The van der Waals surface area contributed by atoms with Crippen LogP contribution in [0, 0.1) is 0 Å². The summed E-state index contributed by atoms with van der Waals surface area (Å²) in [6.45, 7) is 1.36. The van der Waals surface area contributed by atoms with Crippen LogP contribution < -0.4 is 5.32 Å². The number of carbonyl (C=O) groups excluding carboxylic acids is 2. The lowest BCUT2D eigenvalue weighted by molar-refractivity contribution is -0.121. The molecule has 1 N–H and O–H groups in total. The van der Waals surface area contributed by atoms with Gasteiger partial charge in [0.15, 0.2) is 5.69 Å². The van der Waals surface area contributed by atoms with Gasteiger partial charge in [0.05, 0.1) is 12.7 Å². The lowest BCUT2D eigenvalue weighted by Gasteiger charge is -2.15. The molecule has 0 radical (unpaired) electrons. The second-order valence-electron chi connectivity index (χ2n) is 6.72. The van der Waals surface area contributed by atoms with E-state index >= 15 is 0 Å². The molecule has 0 unspecified atom stereocenters. The molecule has 3 aromatic rings. The zero-order chi connectivity index (χ0) is 20.5. The zero-order valence-corrected chi connectivity index (χ0v) is 16.4. The first-order valence-electron chi connectivity index (χ1n) is 9.47. The van der Waals surface area contributed by atoms with Gasteiger partial charge in [0.1, 0.15) is 0 Å². The van der Waals surface area contributed by atoms with E-state index in [0.29, 0.717) is 32.5 Å². The molecule has 0 saturated carbocycles. The number of hydrogen-bond donors (Lipinski definition) is 1. The Morgan fingerprint density at radius 1 is 1.10 bits per heavy atom. The third kappa shape index (κ3) is 6.24.